The van der Waals surface area contributed by atoms with E-state index in [2.05, 4.69) is 59.2 Å². The topological polar surface area (TPSA) is 49.8 Å². The lowest BCUT2D eigenvalue weighted by Gasteiger charge is -2.12. The van der Waals surface area contributed by atoms with E-state index in [1.54, 1.807) is 0 Å². The summed E-state index contributed by atoms with van der Waals surface area (Å²) in [7, 11) is 0. The molecule has 132 valence electrons. The van der Waals surface area contributed by atoms with Crippen LogP contribution < -0.4 is 10.6 Å². The minimum absolute atomic E-state index is 0. The molecule has 0 unspecified atom stereocenters. The third kappa shape index (κ3) is 5.84. The SMILES string of the molecule is C.C=CCNc1nc(NCCCCCCC)c2cc(C)ccc2n1. The molecule has 0 amide bonds. The number of aryl methyl sites for hydroxylation is 1. The largest absolute Gasteiger partial charge is 0.369 e. The third-order valence-electron chi connectivity index (χ3n) is 3.83. The number of rotatable bonds is 10. The molecular formula is C20H32N4. The fourth-order valence-corrected chi connectivity index (χ4v) is 2.55. The Morgan fingerprint density at radius 1 is 1.08 bits per heavy atom. The highest BCUT2D eigenvalue weighted by Gasteiger charge is 2.07. The van der Waals surface area contributed by atoms with Gasteiger partial charge in [0.25, 0.3) is 0 Å². The Bertz CT molecular complexity index is 637. The van der Waals surface area contributed by atoms with E-state index in [0.717, 1.165) is 23.3 Å². The second kappa shape index (κ2) is 10.6. The van der Waals surface area contributed by atoms with Gasteiger partial charge in [0.2, 0.25) is 5.95 Å². The number of nitrogens with zero attached hydrogens (tertiary/aromatic N) is 2. The maximum Gasteiger partial charge on any atom is 0.225 e. The number of benzene rings is 1. The summed E-state index contributed by atoms with van der Waals surface area (Å²) >= 11 is 0. The van der Waals surface area contributed by atoms with E-state index in [1.807, 2.05) is 6.08 Å². The molecule has 4 nitrogen and oxygen atoms in total. The summed E-state index contributed by atoms with van der Waals surface area (Å²) < 4.78 is 0. The maximum atomic E-state index is 4.63. The van der Waals surface area contributed by atoms with Crippen molar-refractivity contribution in [1.29, 1.82) is 0 Å². The van der Waals surface area contributed by atoms with Crippen LogP contribution in [0.1, 0.15) is 52.0 Å². The average molecular weight is 329 g/mol. The van der Waals surface area contributed by atoms with Crippen LogP contribution in [-0.2, 0) is 0 Å². The first-order valence-corrected chi connectivity index (χ1v) is 8.61. The Hall–Kier alpha value is -2.10. The van der Waals surface area contributed by atoms with Crippen molar-refractivity contribution < 1.29 is 0 Å². The first-order valence-electron chi connectivity index (χ1n) is 8.61. The van der Waals surface area contributed by atoms with Gasteiger partial charge < -0.3 is 10.6 Å². The molecule has 1 aromatic heterocycles. The summed E-state index contributed by atoms with van der Waals surface area (Å²) in [5.41, 5.74) is 2.18. The molecular weight excluding hydrogens is 296 g/mol. The highest BCUT2D eigenvalue weighted by Crippen LogP contribution is 2.23. The Balaban J connectivity index is 0.00000288. The van der Waals surface area contributed by atoms with Crippen LogP contribution >= 0.6 is 0 Å². The number of aromatic nitrogens is 2. The number of unbranched alkanes of at least 4 members (excludes halogenated alkanes) is 4. The summed E-state index contributed by atoms with van der Waals surface area (Å²) in [6.45, 7) is 9.67. The van der Waals surface area contributed by atoms with Gasteiger partial charge in [-0.05, 0) is 25.5 Å². The highest BCUT2D eigenvalue weighted by molar-refractivity contribution is 5.90. The first kappa shape index (κ1) is 19.9. The van der Waals surface area contributed by atoms with Gasteiger partial charge in [-0.1, -0.05) is 57.7 Å². The second-order valence-electron chi connectivity index (χ2n) is 5.93. The average Bonchev–Trinajstić information content (AvgIpc) is 2.56. The van der Waals surface area contributed by atoms with E-state index in [9.17, 15) is 0 Å². The standard InChI is InChI=1S/C19H28N4.CH4/c1-4-6-7-8-9-13-20-18-16-14-15(3)10-11-17(16)22-19(23-18)21-12-5-2;/h5,10-11,14H,2,4,6-9,12-13H2,1,3H3,(H2,20,21,22,23);1H4. The normalized spacial score (nSPS) is 10.2. The third-order valence-corrected chi connectivity index (χ3v) is 3.83. The summed E-state index contributed by atoms with van der Waals surface area (Å²) in [4.78, 5) is 9.21. The summed E-state index contributed by atoms with van der Waals surface area (Å²) in [6, 6.07) is 6.28. The molecule has 2 aromatic rings. The zero-order valence-electron chi connectivity index (χ0n) is 14.4. The summed E-state index contributed by atoms with van der Waals surface area (Å²) in [5, 5.41) is 7.76. The van der Waals surface area contributed by atoms with Crippen molar-refractivity contribution in [3.63, 3.8) is 0 Å². The molecule has 0 saturated heterocycles. The Labute approximate surface area is 146 Å². The molecule has 0 aliphatic carbocycles. The molecule has 2 rings (SSSR count). The van der Waals surface area contributed by atoms with E-state index in [1.165, 1.54) is 37.7 Å². The van der Waals surface area contributed by atoms with E-state index < -0.39 is 0 Å². The van der Waals surface area contributed by atoms with E-state index in [0.29, 0.717) is 12.5 Å². The van der Waals surface area contributed by atoms with Crippen molar-refractivity contribution in [2.24, 2.45) is 0 Å². The molecule has 0 spiro atoms. The number of hydrogen-bond donors (Lipinski definition) is 2. The predicted molar refractivity (Wildman–Crippen MR) is 107 cm³/mol. The van der Waals surface area contributed by atoms with Crippen LogP contribution in [0.5, 0.6) is 0 Å². The van der Waals surface area contributed by atoms with Gasteiger partial charge >= 0.3 is 0 Å². The van der Waals surface area contributed by atoms with Crippen LogP contribution in [-0.4, -0.2) is 23.1 Å². The molecule has 2 N–H and O–H groups in total. The molecule has 0 atom stereocenters. The van der Waals surface area contributed by atoms with E-state index in [-0.39, 0.29) is 7.43 Å². The van der Waals surface area contributed by atoms with Crippen LogP contribution in [0.15, 0.2) is 30.9 Å². The maximum absolute atomic E-state index is 4.63. The van der Waals surface area contributed by atoms with E-state index >= 15 is 0 Å². The Morgan fingerprint density at radius 3 is 2.62 bits per heavy atom. The molecule has 0 aliphatic heterocycles. The van der Waals surface area contributed by atoms with Crippen molar-refractivity contribution in [2.45, 2.75) is 53.4 Å². The molecule has 1 heterocycles. The van der Waals surface area contributed by atoms with Gasteiger partial charge in [-0.3, -0.25) is 0 Å². The number of nitrogens with one attached hydrogen (secondary N) is 2. The fourth-order valence-electron chi connectivity index (χ4n) is 2.55. The Morgan fingerprint density at radius 2 is 1.88 bits per heavy atom. The quantitative estimate of drug-likeness (QED) is 0.443. The summed E-state index contributed by atoms with van der Waals surface area (Å²) in [5.74, 6) is 1.57. The van der Waals surface area contributed by atoms with Crippen LogP contribution in [0.3, 0.4) is 0 Å². The van der Waals surface area contributed by atoms with Gasteiger partial charge in [0.1, 0.15) is 5.82 Å². The lowest BCUT2D eigenvalue weighted by molar-refractivity contribution is 0.645. The number of anilines is 2. The van der Waals surface area contributed by atoms with Gasteiger partial charge in [0, 0.05) is 18.5 Å². The minimum atomic E-state index is 0. The van der Waals surface area contributed by atoms with Crippen LogP contribution in [0, 0.1) is 6.92 Å². The first-order chi connectivity index (χ1) is 11.2. The molecule has 1 aromatic carbocycles. The predicted octanol–water partition coefficient (Wildman–Crippen LogP) is 5.55. The lowest BCUT2D eigenvalue weighted by Crippen LogP contribution is -2.09. The zero-order valence-corrected chi connectivity index (χ0v) is 14.4. The minimum Gasteiger partial charge on any atom is -0.369 e. The van der Waals surface area contributed by atoms with Gasteiger partial charge in [-0.15, -0.1) is 6.58 Å². The second-order valence-corrected chi connectivity index (χ2v) is 5.93. The number of fused-ring (bicyclic) bond motifs is 1. The van der Waals surface area contributed by atoms with Gasteiger partial charge in [0.05, 0.1) is 5.52 Å². The molecule has 4 heteroatoms. The van der Waals surface area contributed by atoms with Gasteiger partial charge in [0.15, 0.2) is 0 Å². The van der Waals surface area contributed by atoms with Crippen LogP contribution in [0.4, 0.5) is 11.8 Å². The molecule has 0 aliphatic rings. The highest BCUT2D eigenvalue weighted by atomic mass is 15.1. The molecule has 24 heavy (non-hydrogen) atoms. The zero-order chi connectivity index (χ0) is 16.5. The van der Waals surface area contributed by atoms with Gasteiger partial charge in [-0.25, -0.2) is 4.98 Å². The van der Waals surface area contributed by atoms with Crippen molar-refractivity contribution in [1.82, 2.24) is 9.97 Å². The number of hydrogen-bond acceptors (Lipinski definition) is 4. The summed E-state index contributed by atoms with van der Waals surface area (Å²) in [6.07, 6.45) is 8.17. The fraction of sp³-hybridized carbons (Fsp3) is 0.500. The van der Waals surface area contributed by atoms with Gasteiger partial charge in [-0.2, -0.15) is 4.98 Å². The van der Waals surface area contributed by atoms with Crippen LogP contribution in [0.25, 0.3) is 10.9 Å². The lowest BCUT2D eigenvalue weighted by atomic mass is 10.1. The van der Waals surface area contributed by atoms with Crippen molar-refractivity contribution in [3.8, 4) is 0 Å². The van der Waals surface area contributed by atoms with Crippen LogP contribution in [0.2, 0.25) is 0 Å². The van der Waals surface area contributed by atoms with Crippen molar-refractivity contribution in [2.75, 3.05) is 23.7 Å². The molecule has 0 radical (unpaired) electrons. The molecule has 0 fully saturated rings. The van der Waals surface area contributed by atoms with Crippen molar-refractivity contribution >= 4 is 22.7 Å². The Kier molecular flexibility index (Phi) is 8.84. The smallest absolute Gasteiger partial charge is 0.225 e. The molecule has 0 bridgehead atoms. The monoisotopic (exact) mass is 328 g/mol. The molecule has 0 saturated carbocycles. The van der Waals surface area contributed by atoms with Crippen molar-refractivity contribution in [3.05, 3.63) is 36.4 Å². The van der Waals surface area contributed by atoms with E-state index in [4.69, 9.17) is 0 Å².